The second kappa shape index (κ2) is 8.00. The molecule has 130 valence electrons. The van der Waals surface area contributed by atoms with Gasteiger partial charge in [0.15, 0.2) is 6.61 Å². The van der Waals surface area contributed by atoms with Crippen molar-refractivity contribution in [3.63, 3.8) is 0 Å². The van der Waals surface area contributed by atoms with Gasteiger partial charge in [-0.3, -0.25) is 4.79 Å². The summed E-state index contributed by atoms with van der Waals surface area (Å²) in [5.41, 5.74) is -0.282. The molecule has 0 spiro atoms. The van der Waals surface area contributed by atoms with Crippen molar-refractivity contribution >= 4 is 23.5 Å². The van der Waals surface area contributed by atoms with Crippen molar-refractivity contribution in [1.29, 1.82) is 0 Å². The van der Waals surface area contributed by atoms with Gasteiger partial charge in [0.25, 0.3) is 5.91 Å². The highest BCUT2D eigenvalue weighted by Crippen LogP contribution is 2.17. The van der Waals surface area contributed by atoms with E-state index in [0.29, 0.717) is 0 Å². The maximum Gasteiger partial charge on any atom is 0.338 e. The van der Waals surface area contributed by atoms with Crippen LogP contribution in [0.5, 0.6) is 0 Å². The zero-order chi connectivity index (χ0) is 18.4. The summed E-state index contributed by atoms with van der Waals surface area (Å²) in [6.07, 6.45) is 0. The van der Waals surface area contributed by atoms with Gasteiger partial charge < -0.3 is 14.8 Å². The molecule has 0 bridgehead atoms. The third-order valence-electron chi connectivity index (χ3n) is 3.10. The highest BCUT2D eigenvalue weighted by atomic mass is 19.1. The number of carbonyl (C=O) groups is 3. The molecule has 2 rings (SSSR count). The van der Waals surface area contributed by atoms with E-state index < -0.39 is 41.8 Å². The van der Waals surface area contributed by atoms with Crippen molar-refractivity contribution in [3.8, 4) is 0 Å². The average Bonchev–Trinajstić information content (AvgIpc) is 2.62. The van der Waals surface area contributed by atoms with Crippen molar-refractivity contribution in [3.05, 3.63) is 65.2 Å². The highest BCUT2D eigenvalue weighted by Gasteiger charge is 2.15. The first-order valence-electron chi connectivity index (χ1n) is 7.01. The highest BCUT2D eigenvalue weighted by molar-refractivity contribution is 5.96. The molecular weight excluding hydrogens is 336 g/mol. The van der Waals surface area contributed by atoms with Gasteiger partial charge in [0.05, 0.1) is 18.2 Å². The summed E-state index contributed by atoms with van der Waals surface area (Å²) in [6, 6.07) is 8.47. The number of ether oxygens (including phenoxy) is 2. The van der Waals surface area contributed by atoms with Crippen LogP contribution in [-0.4, -0.2) is 31.6 Å². The van der Waals surface area contributed by atoms with Crippen LogP contribution in [0.4, 0.5) is 14.5 Å². The summed E-state index contributed by atoms with van der Waals surface area (Å²) in [5.74, 6) is -4.19. The van der Waals surface area contributed by atoms with Crippen LogP contribution in [0.25, 0.3) is 0 Å². The molecule has 0 unspecified atom stereocenters. The molecule has 0 aromatic heterocycles. The Morgan fingerprint density at radius 1 is 0.920 bits per heavy atom. The molecule has 0 heterocycles. The molecule has 0 aliphatic carbocycles. The number of esters is 2. The summed E-state index contributed by atoms with van der Waals surface area (Å²) >= 11 is 0. The molecule has 0 aliphatic rings. The number of hydrogen-bond acceptors (Lipinski definition) is 5. The number of carbonyl (C=O) groups excluding carboxylic acids is 3. The van der Waals surface area contributed by atoms with Crippen LogP contribution in [0.15, 0.2) is 42.5 Å². The van der Waals surface area contributed by atoms with Crippen molar-refractivity contribution in [2.24, 2.45) is 0 Å². The van der Waals surface area contributed by atoms with Crippen molar-refractivity contribution in [2.45, 2.75) is 0 Å². The second-order valence-electron chi connectivity index (χ2n) is 4.79. The molecular formula is C17H13F2NO5. The van der Waals surface area contributed by atoms with Gasteiger partial charge in [0.1, 0.15) is 17.3 Å². The van der Waals surface area contributed by atoms with Gasteiger partial charge in [0.2, 0.25) is 0 Å². The Hall–Kier alpha value is -3.29. The average molecular weight is 349 g/mol. The standard InChI is InChI=1S/C17H13F2NO5/c1-24-16(22)10-5-7-11(8-6-10)17(23)25-9-14(21)20-15-12(18)3-2-4-13(15)19/h2-8H,9H2,1H3,(H,20,21). The Labute approximate surface area is 141 Å². The number of rotatable bonds is 5. The fourth-order valence-corrected chi connectivity index (χ4v) is 1.87. The molecule has 0 fully saturated rings. The summed E-state index contributed by atoms with van der Waals surface area (Å²) in [6.45, 7) is -0.731. The van der Waals surface area contributed by atoms with Gasteiger partial charge in [0, 0.05) is 0 Å². The second-order valence-corrected chi connectivity index (χ2v) is 4.79. The number of nitrogens with one attached hydrogen (secondary N) is 1. The predicted molar refractivity (Wildman–Crippen MR) is 83.1 cm³/mol. The number of hydrogen-bond donors (Lipinski definition) is 1. The van der Waals surface area contributed by atoms with Gasteiger partial charge in [-0.15, -0.1) is 0 Å². The van der Waals surface area contributed by atoms with Gasteiger partial charge >= 0.3 is 11.9 Å². The van der Waals surface area contributed by atoms with E-state index in [2.05, 4.69) is 4.74 Å². The monoisotopic (exact) mass is 349 g/mol. The first-order chi connectivity index (χ1) is 11.9. The number of anilines is 1. The minimum Gasteiger partial charge on any atom is -0.465 e. The van der Waals surface area contributed by atoms with E-state index in [9.17, 15) is 23.2 Å². The lowest BCUT2D eigenvalue weighted by molar-refractivity contribution is -0.119. The van der Waals surface area contributed by atoms with Crippen molar-refractivity contribution in [2.75, 3.05) is 19.0 Å². The first-order valence-corrected chi connectivity index (χ1v) is 7.01. The number of para-hydroxylation sites is 1. The molecule has 25 heavy (non-hydrogen) atoms. The quantitative estimate of drug-likeness (QED) is 0.839. The topological polar surface area (TPSA) is 81.7 Å². The third kappa shape index (κ3) is 4.60. The van der Waals surface area contributed by atoms with Crippen LogP contribution in [0.3, 0.4) is 0 Å². The Morgan fingerprint density at radius 2 is 1.44 bits per heavy atom. The molecule has 1 N–H and O–H groups in total. The van der Waals surface area contributed by atoms with Crippen LogP contribution in [-0.2, 0) is 14.3 Å². The lowest BCUT2D eigenvalue weighted by Gasteiger charge is -2.08. The van der Waals surface area contributed by atoms with Gasteiger partial charge in [-0.25, -0.2) is 18.4 Å². The molecule has 6 nitrogen and oxygen atoms in total. The molecule has 0 radical (unpaired) electrons. The fraction of sp³-hybridized carbons (Fsp3) is 0.118. The fourth-order valence-electron chi connectivity index (χ4n) is 1.87. The normalized spacial score (nSPS) is 10.0. The Balaban J connectivity index is 1.93. The maximum absolute atomic E-state index is 13.4. The lowest BCUT2D eigenvalue weighted by Crippen LogP contribution is -2.22. The minimum absolute atomic E-state index is 0.0949. The summed E-state index contributed by atoms with van der Waals surface area (Å²) in [7, 11) is 1.22. The van der Waals surface area contributed by atoms with E-state index in [4.69, 9.17) is 4.74 Å². The van der Waals surface area contributed by atoms with Crippen molar-refractivity contribution in [1.82, 2.24) is 0 Å². The summed E-state index contributed by atoms with van der Waals surface area (Å²) in [5, 5.41) is 1.99. The molecule has 1 amide bonds. The van der Waals surface area contributed by atoms with Crippen LogP contribution in [0, 0.1) is 11.6 Å². The molecule has 0 atom stereocenters. The Morgan fingerprint density at radius 3 is 1.96 bits per heavy atom. The Kier molecular flexibility index (Phi) is 5.78. The van der Waals surface area contributed by atoms with Crippen LogP contribution in [0.2, 0.25) is 0 Å². The third-order valence-corrected chi connectivity index (χ3v) is 3.10. The SMILES string of the molecule is COC(=O)c1ccc(C(=O)OCC(=O)Nc2c(F)cccc2F)cc1. The van der Waals surface area contributed by atoms with Gasteiger partial charge in [-0.05, 0) is 36.4 Å². The molecule has 8 heteroatoms. The number of methoxy groups -OCH3 is 1. The first kappa shape index (κ1) is 18.1. The van der Waals surface area contributed by atoms with E-state index in [1.807, 2.05) is 5.32 Å². The van der Waals surface area contributed by atoms with Crippen LogP contribution >= 0.6 is 0 Å². The van der Waals surface area contributed by atoms with Crippen LogP contribution in [0.1, 0.15) is 20.7 Å². The molecule has 0 saturated heterocycles. The number of halogens is 2. The van der Waals surface area contributed by atoms with Crippen LogP contribution < -0.4 is 5.32 Å². The summed E-state index contributed by atoms with van der Waals surface area (Å²) in [4.78, 5) is 34.8. The number of amides is 1. The smallest absolute Gasteiger partial charge is 0.338 e. The zero-order valence-electron chi connectivity index (χ0n) is 13.0. The predicted octanol–water partition coefficient (Wildman–Crippen LogP) is 2.55. The van der Waals surface area contributed by atoms with E-state index in [-0.39, 0.29) is 11.1 Å². The van der Waals surface area contributed by atoms with E-state index in [0.717, 1.165) is 18.2 Å². The largest absolute Gasteiger partial charge is 0.465 e. The van der Waals surface area contributed by atoms with Crippen molar-refractivity contribution < 1.29 is 32.6 Å². The molecule has 0 saturated carbocycles. The number of benzene rings is 2. The van der Waals surface area contributed by atoms with E-state index in [1.54, 1.807) is 0 Å². The maximum atomic E-state index is 13.4. The zero-order valence-corrected chi connectivity index (χ0v) is 13.0. The van der Waals surface area contributed by atoms with Gasteiger partial charge in [-0.2, -0.15) is 0 Å². The molecule has 2 aromatic rings. The molecule has 2 aromatic carbocycles. The minimum atomic E-state index is -0.946. The van der Waals surface area contributed by atoms with Gasteiger partial charge in [-0.1, -0.05) is 6.07 Å². The summed E-state index contributed by atoms with van der Waals surface area (Å²) < 4.78 is 36.1. The Bertz CT molecular complexity index is 785. The molecule has 0 aliphatic heterocycles. The lowest BCUT2D eigenvalue weighted by atomic mass is 10.1. The van der Waals surface area contributed by atoms with E-state index >= 15 is 0 Å². The van der Waals surface area contributed by atoms with E-state index in [1.165, 1.54) is 31.4 Å².